The fourth-order valence-electron chi connectivity index (χ4n) is 1.12. The van der Waals surface area contributed by atoms with E-state index in [0.717, 1.165) is 0 Å². The van der Waals surface area contributed by atoms with Gasteiger partial charge in [-0.3, -0.25) is 4.79 Å². The van der Waals surface area contributed by atoms with Gasteiger partial charge in [-0.05, 0) is 17.7 Å². The van der Waals surface area contributed by atoms with Crippen LogP contribution in [0.5, 0.6) is 11.5 Å². The number of benzene rings is 1. The third kappa shape index (κ3) is 2.39. The van der Waals surface area contributed by atoms with Crippen LogP contribution in [0.1, 0.15) is 18.9 Å². The van der Waals surface area contributed by atoms with E-state index in [1.165, 1.54) is 12.1 Å². The van der Waals surface area contributed by atoms with Crippen molar-refractivity contribution in [3.05, 3.63) is 29.7 Å². The Bertz CT molecular complexity index is 346. The van der Waals surface area contributed by atoms with Crippen molar-refractivity contribution in [1.82, 2.24) is 0 Å². The highest BCUT2D eigenvalue weighted by Crippen LogP contribution is 2.29. The zero-order chi connectivity index (χ0) is 10.7. The summed E-state index contributed by atoms with van der Waals surface area (Å²) < 4.78 is 0. The first-order valence-corrected chi connectivity index (χ1v) is 4.07. The fraction of sp³-hybridized carbons (Fsp3) is 0.200. The number of carboxylic acid groups (broad SMARTS) is 1. The third-order valence-corrected chi connectivity index (χ3v) is 1.88. The zero-order valence-corrected chi connectivity index (χ0v) is 7.69. The van der Waals surface area contributed by atoms with E-state index in [4.69, 9.17) is 10.2 Å². The molecule has 1 rings (SSSR count). The zero-order valence-electron chi connectivity index (χ0n) is 7.69. The van der Waals surface area contributed by atoms with Crippen LogP contribution in [-0.4, -0.2) is 21.3 Å². The molecule has 14 heavy (non-hydrogen) atoms. The molecule has 0 fully saturated rings. The number of hydrogen-bond acceptors (Lipinski definition) is 3. The van der Waals surface area contributed by atoms with E-state index in [9.17, 15) is 9.90 Å². The molecule has 75 valence electrons. The van der Waals surface area contributed by atoms with E-state index in [2.05, 4.69) is 0 Å². The van der Waals surface area contributed by atoms with Crippen molar-refractivity contribution in [1.29, 1.82) is 0 Å². The lowest BCUT2D eigenvalue weighted by Gasteiger charge is -2.08. The van der Waals surface area contributed by atoms with Crippen LogP contribution < -0.4 is 0 Å². The van der Waals surface area contributed by atoms with Crippen molar-refractivity contribution in [3.8, 4) is 11.5 Å². The Kier molecular flexibility index (Phi) is 2.96. The van der Waals surface area contributed by atoms with Gasteiger partial charge in [0.25, 0.3) is 0 Å². The van der Waals surface area contributed by atoms with E-state index in [1.807, 2.05) is 0 Å². The molecule has 3 N–H and O–H groups in total. The van der Waals surface area contributed by atoms with Crippen LogP contribution in [0.4, 0.5) is 0 Å². The Morgan fingerprint density at radius 1 is 1.29 bits per heavy atom. The van der Waals surface area contributed by atoms with E-state index in [-0.39, 0.29) is 17.9 Å². The minimum absolute atomic E-state index is 0.0792. The average molecular weight is 195 g/mol. The number of hydrogen-bond donors (Lipinski definition) is 3. The second kappa shape index (κ2) is 4.00. The normalized spacial score (nSPS) is 10.4. The largest absolute Gasteiger partial charge is 0.504 e. The molecule has 1 radical (unpaired) electrons. The molecule has 0 spiro atoms. The topological polar surface area (TPSA) is 77.8 Å². The molecule has 1 aromatic carbocycles. The summed E-state index contributed by atoms with van der Waals surface area (Å²) in [6.07, 6.45) is -0.0792. The second-order valence-corrected chi connectivity index (χ2v) is 3.05. The first-order valence-electron chi connectivity index (χ1n) is 4.07. The maximum atomic E-state index is 10.4. The number of aromatic hydroxyl groups is 2. The SMILES string of the molecule is C[C](CC(=O)O)c1ccc(O)c(O)c1. The molecule has 0 heterocycles. The van der Waals surface area contributed by atoms with Gasteiger partial charge >= 0.3 is 5.97 Å². The molecule has 0 aliphatic rings. The van der Waals surface area contributed by atoms with Crippen LogP contribution in [0.15, 0.2) is 18.2 Å². The van der Waals surface area contributed by atoms with E-state index in [1.54, 1.807) is 13.0 Å². The average Bonchev–Trinajstić information content (AvgIpc) is 2.08. The number of carboxylic acids is 1. The number of phenolic OH excluding ortho intramolecular Hbond substituents is 2. The summed E-state index contributed by atoms with van der Waals surface area (Å²) in [6.45, 7) is 1.67. The van der Waals surface area contributed by atoms with Gasteiger partial charge in [0.1, 0.15) is 0 Å². The predicted molar refractivity (Wildman–Crippen MR) is 50.0 cm³/mol. The molecular formula is C10H11O4. The molecule has 0 atom stereocenters. The predicted octanol–water partition coefficient (Wildman–Crippen LogP) is 1.51. The summed E-state index contributed by atoms with van der Waals surface area (Å²) >= 11 is 0. The van der Waals surface area contributed by atoms with Crippen LogP contribution >= 0.6 is 0 Å². The molecule has 0 aliphatic heterocycles. The van der Waals surface area contributed by atoms with E-state index < -0.39 is 5.97 Å². The molecule has 1 aromatic rings. The molecule has 0 bridgehead atoms. The number of phenols is 2. The molecule has 0 saturated heterocycles. The van der Waals surface area contributed by atoms with Crippen molar-refractivity contribution in [2.45, 2.75) is 13.3 Å². The Labute approximate surface area is 81.4 Å². The molecule has 0 aliphatic carbocycles. The minimum atomic E-state index is -0.921. The Morgan fingerprint density at radius 2 is 1.93 bits per heavy atom. The summed E-state index contributed by atoms with van der Waals surface area (Å²) in [5, 5.41) is 26.7. The van der Waals surface area contributed by atoms with Gasteiger partial charge in [-0.2, -0.15) is 0 Å². The Morgan fingerprint density at radius 3 is 2.43 bits per heavy atom. The first kappa shape index (κ1) is 10.4. The molecule has 0 aromatic heterocycles. The van der Waals surface area contributed by atoms with Crippen molar-refractivity contribution >= 4 is 5.97 Å². The van der Waals surface area contributed by atoms with Gasteiger partial charge < -0.3 is 15.3 Å². The van der Waals surface area contributed by atoms with Crippen molar-refractivity contribution in [2.75, 3.05) is 0 Å². The summed E-state index contributed by atoms with van der Waals surface area (Å²) in [4.78, 5) is 10.4. The highest BCUT2D eigenvalue weighted by atomic mass is 16.4. The van der Waals surface area contributed by atoms with Crippen LogP contribution in [0.3, 0.4) is 0 Å². The van der Waals surface area contributed by atoms with Crippen LogP contribution in [-0.2, 0) is 4.79 Å². The quantitative estimate of drug-likeness (QED) is 0.639. The van der Waals surface area contributed by atoms with Crippen molar-refractivity contribution in [2.24, 2.45) is 0 Å². The molecule has 0 saturated carbocycles. The van der Waals surface area contributed by atoms with Gasteiger partial charge in [-0.1, -0.05) is 13.0 Å². The summed E-state index contributed by atoms with van der Waals surface area (Å²) in [5.74, 6) is -0.744. The Balaban J connectivity index is 2.85. The lowest BCUT2D eigenvalue weighted by atomic mass is 9.97. The molecule has 4 heteroatoms. The van der Waals surface area contributed by atoms with Crippen LogP contribution in [0.2, 0.25) is 0 Å². The number of aliphatic carboxylic acids is 1. The summed E-state index contributed by atoms with van der Waals surface area (Å²) in [7, 11) is 0. The van der Waals surface area contributed by atoms with Gasteiger partial charge in [0, 0.05) is 5.92 Å². The smallest absolute Gasteiger partial charge is 0.304 e. The van der Waals surface area contributed by atoms with Crippen molar-refractivity contribution in [3.63, 3.8) is 0 Å². The Hall–Kier alpha value is -1.71. The van der Waals surface area contributed by atoms with E-state index in [0.29, 0.717) is 11.5 Å². The van der Waals surface area contributed by atoms with E-state index >= 15 is 0 Å². The van der Waals surface area contributed by atoms with Gasteiger partial charge in [0.2, 0.25) is 0 Å². The van der Waals surface area contributed by atoms with Crippen LogP contribution in [0.25, 0.3) is 0 Å². The van der Waals surface area contributed by atoms with Crippen LogP contribution in [0, 0.1) is 5.92 Å². The highest BCUT2D eigenvalue weighted by Gasteiger charge is 2.12. The third-order valence-electron chi connectivity index (χ3n) is 1.88. The minimum Gasteiger partial charge on any atom is -0.504 e. The van der Waals surface area contributed by atoms with Gasteiger partial charge in [-0.25, -0.2) is 0 Å². The molecule has 0 unspecified atom stereocenters. The lowest BCUT2D eigenvalue weighted by Crippen LogP contribution is -2.03. The number of rotatable bonds is 3. The standard InChI is InChI=1S/C10H11O4/c1-6(4-10(13)14)7-2-3-8(11)9(12)5-7/h2-3,5,11-12H,4H2,1H3,(H,13,14). The first-order chi connectivity index (χ1) is 6.50. The van der Waals surface area contributed by atoms with Gasteiger partial charge in [0.05, 0.1) is 6.42 Å². The lowest BCUT2D eigenvalue weighted by molar-refractivity contribution is -0.136. The highest BCUT2D eigenvalue weighted by molar-refractivity contribution is 5.70. The molecular weight excluding hydrogens is 184 g/mol. The van der Waals surface area contributed by atoms with Crippen molar-refractivity contribution < 1.29 is 20.1 Å². The molecule has 0 amide bonds. The molecule has 4 nitrogen and oxygen atoms in total. The fourth-order valence-corrected chi connectivity index (χ4v) is 1.12. The maximum absolute atomic E-state index is 10.4. The monoisotopic (exact) mass is 195 g/mol. The van der Waals surface area contributed by atoms with Gasteiger partial charge in [0.15, 0.2) is 11.5 Å². The summed E-state index contributed by atoms with van der Waals surface area (Å²) in [5.41, 5.74) is 0.614. The van der Waals surface area contributed by atoms with Gasteiger partial charge in [-0.15, -0.1) is 0 Å². The second-order valence-electron chi connectivity index (χ2n) is 3.05. The maximum Gasteiger partial charge on any atom is 0.304 e. The summed E-state index contributed by atoms with van der Waals surface area (Å²) in [6, 6.07) is 4.23. The number of carbonyl (C=O) groups is 1.